The number of urea groups is 1. The normalized spacial score (nSPS) is 21.8. The third kappa shape index (κ3) is 2.83. The topological polar surface area (TPSA) is 69.6 Å². The van der Waals surface area contributed by atoms with E-state index in [0.717, 1.165) is 32.2 Å². The highest BCUT2D eigenvalue weighted by Gasteiger charge is 2.41. The van der Waals surface area contributed by atoms with Gasteiger partial charge in [-0.1, -0.05) is 11.6 Å². The molecular weight excluding hydrogens is 232 g/mol. The molecule has 18 heavy (non-hydrogen) atoms. The summed E-state index contributed by atoms with van der Waals surface area (Å²) in [5.41, 5.74) is 0.807. The second-order valence-corrected chi connectivity index (χ2v) is 5.38. The standard InChI is InChI=1S/C13H20N2O3/c1-10-3-7-15(8-4-10)12(18)14-13(5-2-6-13)9-11(16)17/h3H,2,4-9H2,1H3,(H,14,18)(H,16,17). The van der Waals surface area contributed by atoms with Crippen LogP contribution in [0.2, 0.25) is 0 Å². The zero-order valence-electron chi connectivity index (χ0n) is 10.7. The molecule has 0 saturated heterocycles. The maximum Gasteiger partial charge on any atom is 0.318 e. The van der Waals surface area contributed by atoms with Crippen LogP contribution >= 0.6 is 0 Å². The minimum absolute atomic E-state index is 0.0292. The number of carbonyl (C=O) groups excluding carboxylic acids is 1. The number of carboxylic acids is 1. The van der Waals surface area contributed by atoms with Crippen molar-refractivity contribution in [2.75, 3.05) is 13.1 Å². The molecule has 1 saturated carbocycles. The van der Waals surface area contributed by atoms with Crippen LogP contribution in [-0.2, 0) is 4.79 Å². The van der Waals surface area contributed by atoms with Crippen LogP contribution < -0.4 is 5.32 Å². The van der Waals surface area contributed by atoms with Gasteiger partial charge in [0.05, 0.1) is 12.0 Å². The Morgan fingerprint density at radius 1 is 1.50 bits per heavy atom. The summed E-state index contributed by atoms with van der Waals surface area (Å²) in [5, 5.41) is 11.8. The Balaban J connectivity index is 1.92. The number of nitrogens with zero attached hydrogens (tertiary/aromatic N) is 1. The molecule has 0 aromatic heterocycles. The number of carboxylic acid groups (broad SMARTS) is 1. The number of aliphatic carboxylic acids is 1. The van der Waals surface area contributed by atoms with Gasteiger partial charge in [0, 0.05) is 13.1 Å². The molecule has 2 N–H and O–H groups in total. The predicted octanol–water partition coefficient (Wildman–Crippen LogP) is 1.75. The molecule has 2 rings (SSSR count). The number of hydrogen-bond acceptors (Lipinski definition) is 2. The van der Waals surface area contributed by atoms with Gasteiger partial charge < -0.3 is 15.3 Å². The van der Waals surface area contributed by atoms with Crippen molar-refractivity contribution in [2.45, 2.75) is 44.6 Å². The van der Waals surface area contributed by atoms with Crippen LogP contribution in [0.25, 0.3) is 0 Å². The van der Waals surface area contributed by atoms with Crippen molar-refractivity contribution in [2.24, 2.45) is 0 Å². The van der Waals surface area contributed by atoms with Gasteiger partial charge in [-0.25, -0.2) is 4.79 Å². The molecule has 2 aliphatic rings. The number of rotatable bonds is 3. The maximum atomic E-state index is 12.1. The highest BCUT2D eigenvalue weighted by atomic mass is 16.4. The molecule has 0 aromatic rings. The molecule has 1 aliphatic heterocycles. The van der Waals surface area contributed by atoms with Crippen molar-refractivity contribution in [1.82, 2.24) is 10.2 Å². The first-order valence-corrected chi connectivity index (χ1v) is 6.45. The fourth-order valence-corrected chi connectivity index (χ4v) is 2.50. The second-order valence-electron chi connectivity index (χ2n) is 5.38. The molecule has 1 fully saturated rings. The lowest BCUT2D eigenvalue weighted by atomic mass is 9.74. The van der Waals surface area contributed by atoms with Crippen molar-refractivity contribution in [3.63, 3.8) is 0 Å². The molecule has 0 atom stereocenters. The van der Waals surface area contributed by atoms with Crippen molar-refractivity contribution in [1.29, 1.82) is 0 Å². The van der Waals surface area contributed by atoms with E-state index < -0.39 is 11.5 Å². The first-order valence-electron chi connectivity index (χ1n) is 6.45. The third-order valence-electron chi connectivity index (χ3n) is 3.90. The molecule has 0 aromatic carbocycles. The Morgan fingerprint density at radius 2 is 2.22 bits per heavy atom. The molecule has 0 spiro atoms. The van der Waals surface area contributed by atoms with Gasteiger partial charge in [0.1, 0.15) is 0 Å². The smallest absolute Gasteiger partial charge is 0.318 e. The van der Waals surface area contributed by atoms with Gasteiger partial charge >= 0.3 is 12.0 Å². The lowest BCUT2D eigenvalue weighted by Crippen LogP contribution is -2.58. The SMILES string of the molecule is CC1=CCN(C(=O)NC2(CC(=O)O)CCC2)CC1. The lowest BCUT2D eigenvalue weighted by molar-refractivity contribution is -0.139. The molecule has 0 bridgehead atoms. The van der Waals surface area contributed by atoms with E-state index in [2.05, 4.69) is 12.2 Å². The monoisotopic (exact) mass is 252 g/mol. The minimum Gasteiger partial charge on any atom is -0.481 e. The minimum atomic E-state index is -0.843. The summed E-state index contributed by atoms with van der Waals surface area (Å²) in [6, 6.07) is -0.125. The summed E-state index contributed by atoms with van der Waals surface area (Å²) < 4.78 is 0. The van der Waals surface area contributed by atoms with Crippen LogP contribution in [-0.4, -0.2) is 40.6 Å². The molecule has 5 heteroatoms. The van der Waals surface area contributed by atoms with Crippen LogP contribution in [0.3, 0.4) is 0 Å². The molecular formula is C13H20N2O3. The average Bonchev–Trinajstić information content (AvgIpc) is 2.26. The first-order chi connectivity index (χ1) is 8.51. The van der Waals surface area contributed by atoms with Crippen molar-refractivity contribution >= 4 is 12.0 Å². The molecule has 1 aliphatic carbocycles. The van der Waals surface area contributed by atoms with Crippen LogP contribution in [0.15, 0.2) is 11.6 Å². The van der Waals surface area contributed by atoms with Gasteiger partial charge in [-0.15, -0.1) is 0 Å². The van der Waals surface area contributed by atoms with Crippen molar-refractivity contribution in [3.8, 4) is 0 Å². The van der Waals surface area contributed by atoms with E-state index in [1.54, 1.807) is 4.90 Å². The Kier molecular flexibility index (Phi) is 3.59. The average molecular weight is 252 g/mol. The predicted molar refractivity (Wildman–Crippen MR) is 67.3 cm³/mol. The first kappa shape index (κ1) is 12.9. The van der Waals surface area contributed by atoms with E-state index in [1.807, 2.05) is 6.08 Å². The molecule has 100 valence electrons. The highest BCUT2D eigenvalue weighted by molar-refractivity contribution is 5.77. The van der Waals surface area contributed by atoms with Gasteiger partial charge in [-0.05, 0) is 32.6 Å². The lowest BCUT2D eigenvalue weighted by Gasteiger charge is -2.43. The van der Waals surface area contributed by atoms with E-state index in [4.69, 9.17) is 5.11 Å². The fraction of sp³-hybridized carbons (Fsp3) is 0.692. The third-order valence-corrected chi connectivity index (χ3v) is 3.90. The Bertz CT molecular complexity index is 386. The summed E-state index contributed by atoms with van der Waals surface area (Å²) in [6.45, 7) is 3.41. The van der Waals surface area contributed by atoms with Crippen molar-refractivity contribution < 1.29 is 14.7 Å². The number of nitrogens with one attached hydrogen (secondary N) is 1. The second kappa shape index (κ2) is 5.00. The number of amides is 2. The molecule has 2 amide bonds. The van der Waals surface area contributed by atoms with Gasteiger partial charge in [0.15, 0.2) is 0 Å². The van der Waals surface area contributed by atoms with Crippen LogP contribution in [0.5, 0.6) is 0 Å². The number of carbonyl (C=O) groups is 2. The molecule has 0 unspecified atom stereocenters. The van der Waals surface area contributed by atoms with Gasteiger partial charge in [0.25, 0.3) is 0 Å². The fourth-order valence-electron chi connectivity index (χ4n) is 2.50. The Morgan fingerprint density at radius 3 is 2.67 bits per heavy atom. The largest absolute Gasteiger partial charge is 0.481 e. The molecule has 1 heterocycles. The molecule has 5 nitrogen and oxygen atoms in total. The van der Waals surface area contributed by atoms with Crippen molar-refractivity contribution in [3.05, 3.63) is 11.6 Å². The van der Waals surface area contributed by atoms with Gasteiger partial charge in [-0.3, -0.25) is 4.79 Å². The van der Waals surface area contributed by atoms with E-state index in [1.165, 1.54) is 5.57 Å². The van der Waals surface area contributed by atoms with Gasteiger partial charge in [0.2, 0.25) is 0 Å². The highest BCUT2D eigenvalue weighted by Crippen LogP contribution is 2.35. The van der Waals surface area contributed by atoms with Crippen LogP contribution in [0.4, 0.5) is 4.79 Å². The van der Waals surface area contributed by atoms with E-state index in [-0.39, 0.29) is 12.5 Å². The van der Waals surface area contributed by atoms with E-state index >= 15 is 0 Å². The van der Waals surface area contributed by atoms with E-state index in [9.17, 15) is 9.59 Å². The zero-order valence-corrected chi connectivity index (χ0v) is 10.7. The summed E-state index contributed by atoms with van der Waals surface area (Å²) in [4.78, 5) is 24.7. The van der Waals surface area contributed by atoms with Gasteiger partial charge in [-0.2, -0.15) is 0 Å². The quantitative estimate of drug-likeness (QED) is 0.752. The summed E-state index contributed by atoms with van der Waals surface area (Å²) in [6.07, 6.45) is 5.52. The molecule has 0 radical (unpaired) electrons. The van der Waals surface area contributed by atoms with Crippen LogP contribution in [0.1, 0.15) is 39.0 Å². The summed E-state index contributed by atoms with van der Waals surface area (Å²) >= 11 is 0. The summed E-state index contributed by atoms with van der Waals surface area (Å²) in [5.74, 6) is -0.843. The summed E-state index contributed by atoms with van der Waals surface area (Å²) in [7, 11) is 0. The van der Waals surface area contributed by atoms with Crippen LogP contribution in [0, 0.1) is 0 Å². The zero-order chi connectivity index (χ0) is 13.2. The Labute approximate surface area is 107 Å². The maximum absolute atomic E-state index is 12.1. The number of hydrogen-bond donors (Lipinski definition) is 2. The Hall–Kier alpha value is -1.52. The van der Waals surface area contributed by atoms with E-state index in [0.29, 0.717) is 6.54 Å².